The number of carbonyl (C=O) groups excluding carboxylic acids is 2. The predicted molar refractivity (Wildman–Crippen MR) is 107 cm³/mol. The highest BCUT2D eigenvalue weighted by atomic mass is 32.2. The number of anilines is 1. The monoisotopic (exact) mass is 396 g/mol. The van der Waals surface area contributed by atoms with Gasteiger partial charge in [-0.05, 0) is 35.9 Å². The van der Waals surface area contributed by atoms with Crippen LogP contribution in [0.1, 0.15) is 12.0 Å². The van der Waals surface area contributed by atoms with Gasteiger partial charge in [0.25, 0.3) is 0 Å². The lowest BCUT2D eigenvalue weighted by Gasteiger charge is -2.06. The topological polar surface area (TPSA) is 101 Å². The Morgan fingerprint density at radius 2 is 2.04 bits per heavy atom. The number of amidine groups is 1. The number of benzene rings is 2. The van der Waals surface area contributed by atoms with Crippen LogP contribution in [0.25, 0.3) is 0 Å². The van der Waals surface area contributed by atoms with E-state index in [9.17, 15) is 9.59 Å². The zero-order valence-electron chi connectivity index (χ0n) is 14.6. The Labute approximate surface area is 165 Å². The lowest BCUT2D eigenvalue weighted by molar-refractivity contribution is -0.122. The molecule has 0 bridgehead atoms. The summed E-state index contributed by atoms with van der Waals surface area (Å²) < 4.78 is 10.6. The van der Waals surface area contributed by atoms with Gasteiger partial charge in [-0.3, -0.25) is 9.59 Å². The van der Waals surface area contributed by atoms with Crippen molar-refractivity contribution in [3.05, 3.63) is 54.1 Å². The summed E-state index contributed by atoms with van der Waals surface area (Å²) in [5.41, 5.74) is 1.49. The second-order valence-corrected chi connectivity index (χ2v) is 7.17. The molecule has 9 heteroatoms. The number of rotatable bonds is 5. The molecule has 28 heavy (non-hydrogen) atoms. The van der Waals surface area contributed by atoms with Gasteiger partial charge in [0.05, 0.1) is 6.21 Å². The van der Waals surface area contributed by atoms with Gasteiger partial charge in [-0.15, -0.1) is 5.10 Å². The van der Waals surface area contributed by atoms with Crippen LogP contribution in [0.2, 0.25) is 0 Å². The molecule has 1 unspecified atom stereocenters. The molecule has 2 aromatic carbocycles. The second kappa shape index (κ2) is 8.13. The third-order valence-electron chi connectivity index (χ3n) is 3.96. The van der Waals surface area contributed by atoms with Crippen LogP contribution in [0.5, 0.6) is 11.5 Å². The van der Waals surface area contributed by atoms with Crippen LogP contribution in [0, 0.1) is 0 Å². The molecule has 0 aromatic heterocycles. The van der Waals surface area contributed by atoms with Crippen molar-refractivity contribution in [3.63, 3.8) is 0 Å². The van der Waals surface area contributed by atoms with Gasteiger partial charge in [-0.2, -0.15) is 5.10 Å². The summed E-state index contributed by atoms with van der Waals surface area (Å²) in [5.74, 6) is 0.859. The molecule has 2 heterocycles. The molecule has 4 rings (SSSR count). The Kier molecular flexibility index (Phi) is 5.24. The Bertz CT molecular complexity index is 962. The summed E-state index contributed by atoms with van der Waals surface area (Å²) in [6.07, 6.45) is 1.60. The van der Waals surface area contributed by atoms with Crippen molar-refractivity contribution in [2.75, 3.05) is 12.1 Å². The second-order valence-electron chi connectivity index (χ2n) is 5.98. The number of fused-ring (bicyclic) bond motifs is 1. The van der Waals surface area contributed by atoms with E-state index in [4.69, 9.17) is 9.47 Å². The third kappa shape index (κ3) is 4.32. The highest BCUT2D eigenvalue weighted by molar-refractivity contribution is 8.15. The predicted octanol–water partition coefficient (Wildman–Crippen LogP) is 2.37. The first-order valence-corrected chi connectivity index (χ1v) is 9.38. The Balaban J connectivity index is 1.33. The summed E-state index contributed by atoms with van der Waals surface area (Å²) in [4.78, 5) is 24.2. The molecule has 0 saturated carbocycles. The SMILES string of the molecule is O=C(CC1SC(=NN=Cc2ccc3c(c2)OCO3)NC1=O)Nc1ccccc1. The standard InChI is InChI=1S/C19H16N4O4S/c24-17(21-13-4-2-1-3-5-13)9-16-18(25)22-19(28-16)23-20-10-12-6-7-14-15(8-12)27-11-26-14/h1-8,10,16H,9,11H2,(H,21,24)(H,22,23,25). The Hall–Kier alpha value is -3.33. The van der Waals surface area contributed by atoms with E-state index in [-0.39, 0.29) is 25.0 Å². The van der Waals surface area contributed by atoms with Crippen LogP contribution in [0.15, 0.2) is 58.7 Å². The molecule has 8 nitrogen and oxygen atoms in total. The number of nitrogens with zero attached hydrogens (tertiary/aromatic N) is 2. The van der Waals surface area contributed by atoms with Gasteiger partial charge in [0.1, 0.15) is 5.25 Å². The number of amides is 2. The maximum Gasteiger partial charge on any atom is 0.240 e. The van der Waals surface area contributed by atoms with Crippen molar-refractivity contribution in [1.29, 1.82) is 0 Å². The Morgan fingerprint density at radius 3 is 2.89 bits per heavy atom. The number of ether oxygens (including phenoxy) is 2. The first-order chi connectivity index (χ1) is 13.7. The van der Waals surface area contributed by atoms with E-state index in [1.54, 1.807) is 30.5 Å². The molecule has 2 aromatic rings. The molecular weight excluding hydrogens is 380 g/mol. The molecule has 2 N–H and O–H groups in total. The van der Waals surface area contributed by atoms with E-state index in [0.717, 1.165) is 5.56 Å². The smallest absolute Gasteiger partial charge is 0.240 e. The minimum absolute atomic E-state index is 0.0519. The number of hydrogen-bond acceptors (Lipinski definition) is 7. The molecule has 142 valence electrons. The van der Waals surface area contributed by atoms with Crippen molar-refractivity contribution >= 4 is 40.6 Å². The van der Waals surface area contributed by atoms with Crippen LogP contribution in [0.4, 0.5) is 5.69 Å². The molecule has 1 atom stereocenters. The molecule has 0 spiro atoms. The van der Waals surface area contributed by atoms with E-state index in [2.05, 4.69) is 20.8 Å². The maximum atomic E-state index is 12.1. The summed E-state index contributed by atoms with van der Waals surface area (Å²) in [7, 11) is 0. The van der Waals surface area contributed by atoms with Crippen LogP contribution in [-0.2, 0) is 9.59 Å². The van der Waals surface area contributed by atoms with E-state index in [1.807, 2.05) is 24.3 Å². The quantitative estimate of drug-likeness (QED) is 0.597. The van der Waals surface area contributed by atoms with E-state index in [0.29, 0.717) is 22.4 Å². The molecule has 1 fully saturated rings. The highest BCUT2D eigenvalue weighted by Gasteiger charge is 2.32. The van der Waals surface area contributed by atoms with Crippen molar-refractivity contribution in [2.45, 2.75) is 11.7 Å². The van der Waals surface area contributed by atoms with Gasteiger partial charge in [0.15, 0.2) is 16.7 Å². The molecule has 2 aliphatic rings. The van der Waals surface area contributed by atoms with Crippen molar-refractivity contribution in [2.24, 2.45) is 10.2 Å². The molecular formula is C19H16N4O4S. The van der Waals surface area contributed by atoms with Crippen LogP contribution in [0.3, 0.4) is 0 Å². The Morgan fingerprint density at radius 1 is 1.21 bits per heavy atom. The van der Waals surface area contributed by atoms with E-state index < -0.39 is 5.25 Å². The van der Waals surface area contributed by atoms with E-state index >= 15 is 0 Å². The van der Waals surface area contributed by atoms with Crippen LogP contribution in [-0.4, -0.2) is 35.2 Å². The average Bonchev–Trinajstić information content (AvgIpc) is 3.29. The fourth-order valence-corrected chi connectivity index (χ4v) is 3.55. The average molecular weight is 396 g/mol. The summed E-state index contributed by atoms with van der Waals surface area (Å²) in [6.45, 7) is 0.208. The zero-order valence-corrected chi connectivity index (χ0v) is 15.4. The summed E-state index contributed by atoms with van der Waals surface area (Å²) >= 11 is 1.18. The third-order valence-corrected chi connectivity index (χ3v) is 5.03. The summed E-state index contributed by atoms with van der Waals surface area (Å²) in [5, 5.41) is 13.2. The lowest BCUT2D eigenvalue weighted by Crippen LogP contribution is -2.28. The number of thioether (sulfide) groups is 1. The van der Waals surface area contributed by atoms with Gasteiger partial charge in [-0.1, -0.05) is 30.0 Å². The minimum atomic E-state index is -0.539. The minimum Gasteiger partial charge on any atom is -0.454 e. The molecule has 0 aliphatic carbocycles. The first-order valence-electron chi connectivity index (χ1n) is 8.50. The first kappa shape index (κ1) is 18.1. The fraction of sp³-hybridized carbons (Fsp3) is 0.158. The normalized spacial score (nSPS) is 19.2. The van der Waals surface area contributed by atoms with Gasteiger partial charge in [0.2, 0.25) is 18.6 Å². The summed E-state index contributed by atoms with van der Waals surface area (Å²) in [6, 6.07) is 14.5. The molecule has 1 saturated heterocycles. The van der Waals surface area contributed by atoms with Crippen LogP contribution >= 0.6 is 11.8 Å². The number of carbonyl (C=O) groups is 2. The van der Waals surface area contributed by atoms with Crippen molar-refractivity contribution in [1.82, 2.24) is 5.32 Å². The van der Waals surface area contributed by atoms with Gasteiger partial charge < -0.3 is 20.1 Å². The number of hydrogen-bond donors (Lipinski definition) is 2. The molecule has 0 radical (unpaired) electrons. The maximum absolute atomic E-state index is 12.1. The van der Waals surface area contributed by atoms with E-state index in [1.165, 1.54) is 11.8 Å². The molecule has 2 aliphatic heterocycles. The van der Waals surface area contributed by atoms with Gasteiger partial charge in [-0.25, -0.2) is 0 Å². The highest BCUT2D eigenvalue weighted by Crippen LogP contribution is 2.32. The van der Waals surface area contributed by atoms with Crippen molar-refractivity contribution < 1.29 is 19.1 Å². The van der Waals surface area contributed by atoms with Gasteiger partial charge in [0, 0.05) is 12.1 Å². The fourth-order valence-electron chi connectivity index (χ4n) is 2.63. The zero-order chi connectivity index (χ0) is 19.3. The largest absolute Gasteiger partial charge is 0.454 e. The lowest BCUT2D eigenvalue weighted by atomic mass is 10.2. The number of para-hydroxylation sites is 1. The van der Waals surface area contributed by atoms with Crippen LogP contribution < -0.4 is 20.1 Å². The molecule has 2 amide bonds. The van der Waals surface area contributed by atoms with Gasteiger partial charge >= 0.3 is 0 Å². The number of nitrogens with one attached hydrogen (secondary N) is 2. The van der Waals surface area contributed by atoms with Crippen molar-refractivity contribution in [3.8, 4) is 11.5 Å².